The Kier molecular flexibility index (Phi) is 5.06. The van der Waals surface area contributed by atoms with Crippen molar-refractivity contribution in [2.45, 2.75) is 39.5 Å². The van der Waals surface area contributed by atoms with Crippen molar-refractivity contribution in [3.05, 3.63) is 45.7 Å². The first-order valence-corrected chi connectivity index (χ1v) is 9.09. The predicted molar refractivity (Wildman–Crippen MR) is 92.5 cm³/mol. The Morgan fingerprint density at radius 1 is 1.30 bits per heavy atom. The van der Waals surface area contributed by atoms with Crippen molar-refractivity contribution in [1.29, 1.82) is 0 Å². The summed E-state index contributed by atoms with van der Waals surface area (Å²) in [4.78, 5) is 23.5. The molecule has 2 aromatic heterocycles. The van der Waals surface area contributed by atoms with Crippen molar-refractivity contribution < 1.29 is 4.79 Å². The molecule has 0 unspecified atom stereocenters. The molecule has 1 aliphatic heterocycles. The Morgan fingerprint density at radius 2 is 2.17 bits per heavy atom. The molecule has 122 valence electrons. The van der Waals surface area contributed by atoms with Crippen LogP contribution in [-0.4, -0.2) is 33.9 Å². The number of hydrogen-bond donors (Lipinski definition) is 0. The number of thiazole rings is 1. The molecule has 0 aromatic carbocycles. The van der Waals surface area contributed by atoms with E-state index < -0.39 is 0 Å². The van der Waals surface area contributed by atoms with Gasteiger partial charge in [0.05, 0.1) is 17.1 Å². The minimum atomic E-state index is 0.206. The van der Waals surface area contributed by atoms with Crippen LogP contribution < -0.4 is 0 Å². The molecule has 0 spiro atoms. The SMILES string of the molecule is Cc1cccc(C[C@H]2CCCN(C(=O)Cc3csc(C)n3)C2)n1. The van der Waals surface area contributed by atoms with Crippen molar-refractivity contribution in [3.8, 4) is 0 Å². The van der Waals surface area contributed by atoms with Crippen molar-refractivity contribution in [2.75, 3.05) is 13.1 Å². The lowest BCUT2D eigenvalue weighted by molar-refractivity contribution is -0.132. The average Bonchev–Trinajstić information content (AvgIpc) is 2.92. The molecule has 0 aliphatic carbocycles. The van der Waals surface area contributed by atoms with Gasteiger partial charge in [-0.25, -0.2) is 4.98 Å². The minimum absolute atomic E-state index is 0.206. The van der Waals surface area contributed by atoms with Gasteiger partial charge in [-0.15, -0.1) is 11.3 Å². The van der Waals surface area contributed by atoms with Gasteiger partial charge in [0, 0.05) is 29.9 Å². The summed E-state index contributed by atoms with van der Waals surface area (Å²) in [5, 5.41) is 3.01. The van der Waals surface area contributed by atoms with E-state index in [4.69, 9.17) is 0 Å². The van der Waals surface area contributed by atoms with Gasteiger partial charge in [-0.2, -0.15) is 0 Å². The maximum absolute atomic E-state index is 12.5. The van der Waals surface area contributed by atoms with Gasteiger partial charge in [-0.1, -0.05) is 6.07 Å². The zero-order valence-corrected chi connectivity index (χ0v) is 14.6. The van der Waals surface area contributed by atoms with Crippen LogP contribution in [0.15, 0.2) is 23.6 Å². The number of hydrogen-bond acceptors (Lipinski definition) is 4. The van der Waals surface area contributed by atoms with Crippen LogP contribution >= 0.6 is 11.3 Å². The Hall–Kier alpha value is -1.75. The molecule has 1 amide bonds. The van der Waals surface area contributed by atoms with Gasteiger partial charge < -0.3 is 4.90 Å². The molecule has 0 radical (unpaired) electrons. The number of piperidine rings is 1. The van der Waals surface area contributed by atoms with Gasteiger partial charge in [0.1, 0.15) is 0 Å². The second-order valence-electron chi connectivity index (χ2n) is 6.36. The number of pyridine rings is 1. The number of amides is 1. The lowest BCUT2D eigenvalue weighted by atomic mass is 9.93. The van der Waals surface area contributed by atoms with E-state index in [2.05, 4.69) is 22.1 Å². The number of nitrogens with zero attached hydrogens (tertiary/aromatic N) is 3. The van der Waals surface area contributed by atoms with Crippen LogP contribution in [0, 0.1) is 19.8 Å². The van der Waals surface area contributed by atoms with Crippen LogP contribution in [0.25, 0.3) is 0 Å². The van der Waals surface area contributed by atoms with Crippen molar-refractivity contribution in [2.24, 2.45) is 5.92 Å². The zero-order valence-electron chi connectivity index (χ0n) is 13.8. The highest BCUT2D eigenvalue weighted by molar-refractivity contribution is 7.09. The maximum Gasteiger partial charge on any atom is 0.228 e. The molecular formula is C18H23N3OS. The molecule has 0 saturated carbocycles. The summed E-state index contributed by atoms with van der Waals surface area (Å²) < 4.78 is 0. The van der Waals surface area contributed by atoms with E-state index in [1.807, 2.05) is 30.2 Å². The topological polar surface area (TPSA) is 46.1 Å². The molecular weight excluding hydrogens is 306 g/mol. The van der Waals surface area contributed by atoms with E-state index in [0.717, 1.165) is 48.0 Å². The average molecular weight is 329 g/mol. The molecule has 4 nitrogen and oxygen atoms in total. The van der Waals surface area contributed by atoms with Crippen LogP contribution in [0.4, 0.5) is 0 Å². The highest BCUT2D eigenvalue weighted by atomic mass is 32.1. The Bertz CT molecular complexity index is 682. The van der Waals surface area contributed by atoms with E-state index in [9.17, 15) is 4.79 Å². The lowest BCUT2D eigenvalue weighted by Crippen LogP contribution is -2.41. The van der Waals surface area contributed by atoms with E-state index in [-0.39, 0.29) is 5.91 Å². The molecule has 1 saturated heterocycles. The Balaban J connectivity index is 1.58. The fourth-order valence-electron chi connectivity index (χ4n) is 3.22. The fraction of sp³-hybridized carbons (Fsp3) is 0.500. The molecule has 3 heterocycles. The number of aromatic nitrogens is 2. The van der Waals surface area contributed by atoms with E-state index >= 15 is 0 Å². The molecule has 1 fully saturated rings. The smallest absolute Gasteiger partial charge is 0.228 e. The summed E-state index contributed by atoms with van der Waals surface area (Å²) in [6.45, 7) is 5.72. The Morgan fingerprint density at radius 3 is 2.91 bits per heavy atom. The number of aryl methyl sites for hydroxylation is 2. The maximum atomic E-state index is 12.5. The Labute approximate surface area is 141 Å². The molecule has 3 rings (SSSR count). The van der Waals surface area contributed by atoms with Gasteiger partial charge in [0.25, 0.3) is 0 Å². The number of carbonyl (C=O) groups excluding carboxylic acids is 1. The molecule has 2 aromatic rings. The number of carbonyl (C=O) groups is 1. The first-order chi connectivity index (χ1) is 11.1. The molecule has 1 atom stereocenters. The van der Waals surface area contributed by atoms with Gasteiger partial charge >= 0.3 is 0 Å². The van der Waals surface area contributed by atoms with Crippen molar-refractivity contribution in [1.82, 2.24) is 14.9 Å². The molecule has 5 heteroatoms. The summed E-state index contributed by atoms with van der Waals surface area (Å²) in [5.41, 5.74) is 3.10. The van der Waals surface area contributed by atoms with Crippen molar-refractivity contribution in [3.63, 3.8) is 0 Å². The highest BCUT2D eigenvalue weighted by Crippen LogP contribution is 2.21. The van der Waals surface area contributed by atoms with Crippen LogP contribution in [0.2, 0.25) is 0 Å². The largest absolute Gasteiger partial charge is 0.342 e. The summed E-state index contributed by atoms with van der Waals surface area (Å²) in [5.74, 6) is 0.719. The molecule has 23 heavy (non-hydrogen) atoms. The van der Waals surface area contributed by atoms with E-state index in [0.29, 0.717) is 12.3 Å². The third kappa shape index (κ3) is 4.38. The number of rotatable bonds is 4. The normalized spacial score (nSPS) is 18.2. The summed E-state index contributed by atoms with van der Waals surface area (Å²) in [7, 11) is 0. The highest BCUT2D eigenvalue weighted by Gasteiger charge is 2.24. The predicted octanol–water partition coefficient (Wildman–Crippen LogP) is 3.18. The standard InChI is InChI=1S/C18H23N3OS/c1-13-5-3-7-16(19-13)9-15-6-4-8-21(11-15)18(22)10-17-12-23-14(2)20-17/h3,5,7,12,15H,4,6,8-11H2,1-2H3/t15-/m1/s1. The quantitative estimate of drug-likeness (QED) is 0.865. The third-order valence-corrected chi connectivity index (χ3v) is 5.14. The molecule has 0 N–H and O–H groups in total. The summed E-state index contributed by atoms with van der Waals surface area (Å²) in [6, 6.07) is 6.18. The fourth-order valence-corrected chi connectivity index (χ4v) is 3.84. The van der Waals surface area contributed by atoms with E-state index in [1.54, 1.807) is 11.3 Å². The summed E-state index contributed by atoms with van der Waals surface area (Å²) in [6.07, 6.45) is 3.65. The van der Waals surface area contributed by atoms with Crippen LogP contribution in [0.5, 0.6) is 0 Å². The second-order valence-corrected chi connectivity index (χ2v) is 7.42. The van der Waals surface area contributed by atoms with Gasteiger partial charge in [-0.3, -0.25) is 9.78 Å². The van der Waals surface area contributed by atoms with Gasteiger partial charge in [-0.05, 0) is 51.2 Å². The van der Waals surface area contributed by atoms with Gasteiger partial charge in [0.15, 0.2) is 0 Å². The first kappa shape index (κ1) is 16.1. The van der Waals surface area contributed by atoms with E-state index in [1.165, 1.54) is 6.42 Å². The van der Waals surface area contributed by atoms with Crippen LogP contribution in [0.3, 0.4) is 0 Å². The van der Waals surface area contributed by atoms with Crippen LogP contribution in [0.1, 0.15) is 34.9 Å². The molecule has 1 aliphatic rings. The second kappa shape index (κ2) is 7.21. The first-order valence-electron chi connectivity index (χ1n) is 8.21. The lowest BCUT2D eigenvalue weighted by Gasteiger charge is -2.32. The van der Waals surface area contributed by atoms with Gasteiger partial charge in [0.2, 0.25) is 5.91 Å². The summed E-state index contributed by atoms with van der Waals surface area (Å²) >= 11 is 1.61. The number of likely N-dealkylation sites (tertiary alicyclic amines) is 1. The minimum Gasteiger partial charge on any atom is -0.342 e. The van der Waals surface area contributed by atoms with Crippen LogP contribution in [-0.2, 0) is 17.6 Å². The van der Waals surface area contributed by atoms with Crippen molar-refractivity contribution >= 4 is 17.2 Å². The monoisotopic (exact) mass is 329 g/mol. The third-order valence-electron chi connectivity index (χ3n) is 4.31. The molecule has 0 bridgehead atoms. The zero-order chi connectivity index (χ0) is 16.2.